The highest BCUT2D eigenvalue weighted by atomic mass is 16.5. The number of hydrogen-bond donors (Lipinski definition) is 1. The van der Waals surface area contributed by atoms with Crippen molar-refractivity contribution >= 4 is 17.4 Å². The van der Waals surface area contributed by atoms with Gasteiger partial charge in [0.15, 0.2) is 5.78 Å². The average molecular weight is 382 g/mol. The van der Waals surface area contributed by atoms with Crippen LogP contribution in [0.15, 0.2) is 42.5 Å². The highest BCUT2D eigenvalue weighted by molar-refractivity contribution is 6.04. The standard InChI is InChI=1S/C22H26N2O4/c1-15(25)17-7-4-5-8-19(17)23-22(26)14-24-12-6-9-20(24)18-11-10-16(27-2)13-21(18)28-3/h4-5,7-8,10-11,13,20H,6,9,12,14H2,1-3H3,(H,23,26)/t20-/m1/s1. The van der Waals surface area contributed by atoms with E-state index >= 15 is 0 Å². The summed E-state index contributed by atoms with van der Waals surface area (Å²) in [5.41, 5.74) is 2.13. The van der Waals surface area contributed by atoms with Crippen LogP contribution >= 0.6 is 0 Å². The smallest absolute Gasteiger partial charge is 0.238 e. The van der Waals surface area contributed by atoms with Gasteiger partial charge in [-0.2, -0.15) is 0 Å². The zero-order chi connectivity index (χ0) is 20.1. The van der Waals surface area contributed by atoms with E-state index in [9.17, 15) is 9.59 Å². The number of rotatable bonds is 7. The van der Waals surface area contributed by atoms with Crippen molar-refractivity contribution < 1.29 is 19.1 Å². The number of carbonyl (C=O) groups excluding carboxylic acids is 2. The molecule has 1 N–H and O–H groups in total. The molecule has 0 aliphatic carbocycles. The van der Waals surface area contributed by atoms with Crippen LogP contribution in [0.2, 0.25) is 0 Å². The van der Waals surface area contributed by atoms with Crippen molar-refractivity contribution in [1.29, 1.82) is 0 Å². The number of nitrogens with zero attached hydrogens (tertiary/aromatic N) is 1. The van der Waals surface area contributed by atoms with Gasteiger partial charge in [-0.3, -0.25) is 14.5 Å². The lowest BCUT2D eigenvalue weighted by Gasteiger charge is -2.26. The van der Waals surface area contributed by atoms with Crippen molar-refractivity contribution in [2.75, 3.05) is 32.6 Å². The molecule has 1 atom stereocenters. The molecular weight excluding hydrogens is 356 g/mol. The predicted molar refractivity (Wildman–Crippen MR) is 108 cm³/mol. The van der Waals surface area contributed by atoms with E-state index in [2.05, 4.69) is 10.2 Å². The van der Waals surface area contributed by atoms with E-state index in [1.165, 1.54) is 6.92 Å². The van der Waals surface area contributed by atoms with Crippen LogP contribution in [0, 0.1) is 0 Å². The molecule has 3 rings (SSSR count). The number of nitrogens with one attached hydrogen (secondary N) is 1. The fourth-order valence-corrected chi connectivity index (χ4v) is 3.73. The number of amides is 1. The largest absolute Gasteiger partial charge is 0.497 e. The normalized spacial score (nSPS) is 16.6. The zero-order valence-electron chi connectivity index (χ0n) is 16.5. The molecule has 0 bridgehead atoms. The summed E-state index contributed by atoms with van der Waals surface area (Å²) in [6.07, 6.45) is 1.97. The highest BCUT2D eigenvalue weighted by Gasteiger charge is 2.30. The molecule has 1 aliphatic heterocycles. The Kier molecular flexibility index (Phi) is 6.31. The Hall–Kier alpha value is -2.86. The number of ether oxygens (including phenoxy) is 2. The lowest BCUT2D eigenvalue weighted by Crippen LogP contribution is -2.33. The Morgan fingerprint density at radius 3 is 2.64 bits per heavy atom. The van der Waals surface area contributed by atoms with Crippen molar-refractivity contribution in [2.24, 2.45) is 0 Å². The number of benzene rings is 2. The minimum absolute atomic E-state index is 0.0714. The minimum Gasteiger partial charge on any atom is -0.497 e. The van der Waals surface area contributed by atoms with Crippen molar-refractivity contribution in [1.82, 2.24) is 4.90 Å². The van der Waals surface area contributed by atoms with E-state index in [1.54, 1.807) is 32.4 Å². The molecule has 2 aromatic carbocycles. The third-order valence-corrected chi connectivity index (χ3v) is 5.09. The average Bonchev–Trinajstić information content (AvgIpc) is 3.15. The van der Waals surface area contributed by atoms with E-state index in [1.807, 2.05) is 24.3 Å². The van der Waals surface area contributed by atoms with Gasteiger partial charge in [0.05, 0.1) is 26.5 Å². The Labute approximate surface area is 165 Å². The molecule has 0 unspecified atom stereocenters. The van der Waals surface area contributed by atoms with Crippen molar-refractivity contribution in [3.8, 4) is 11.5 Å². The molecule has 28 heavy (non-hydrogen) atoms. The summed E-state index contributed by atoms with van der Waals surface area (Å²) in [5, 5.41) is 2.88. The van der Waals surface area contributed by atoms with E-state index in [0.29, 0.717) is 11.3 Å². The first kappa shape index (κ1) is 19.9. The summed E-state index contributed by atoms with van der Waals surface area (Å²) in [5.74, 6) is 1.30. The first-order valence-electron chi connectivity index (χ1n) is 9.39. The minimum atomic E-state index is -0.131. The maximum atomic E-state index is 12.7. The van der Waals surface area contributed by atoms with E-state index in [4.69, 9.17) is 9.47 Å². The number of ketones is 1. The molecule has 1 heterocycles. The van der Waals surface area contributed by atoms with E-state index in [0.717, 1.165) is 36.4 Å². The topological polar surface area (TPSA) is 67.9 Å². The molecule has 0 radical (unpaired) electrons. The maximum absolute atomic E-state index is 12.7. The molecule has 1 fully saturated rings. The predicted octanol–water partition coefficient (Wildman–Crippen LogP) is 3.68. The Bertz CT molecular complexity index is 865. The van der Waals surface area contributed by atoms with Crippen LogP contribution in [0.25, 0.3) is 0 Å². The lowest BCUT2D eigenvalue weighted by atomic mass is 10.0. The Balaban J connectivity index is 1.74. The summed E-state index contributed by atoms with van der Waals surface area (Å²) in [4.78, 5) is 26.6. The first-order chi connectivity index (χ1) is 13.5. The molecule has 1 amide bonds. The molecule has 2 aromatic rings. The van der Waals surface area contributed by atoms with Gasteiger partial charge in [0.2, 0.25) is 5.91 Å². The van der Waals surface area contributed by atoms with Crippen LogP contribution in [-0.4, -0.2) is 43.9 Å². The molecule has 0 aromatic heterocycles. The summed E-state index contributed by atoms with van der Waals surface area (Å²) < 4.78 is 10.8. The highest BCUT2D eigenvalue weighted by Crippen LogP contribution is 2.38. The van der Waals surface area contributed by atoms with Gasteiger partial charge in [0.25, 0.3) is 0 Å². The lowest BCUT2D eigenvalue weighted by molar-refractivity contribution is -0.117. The van der Waals surface area contributed by atoms with Gasteiger partial charge >= 0.3 is 0 Å². The second-order valence-electron chi connectivity index (χ2n) is 6.89. The molecule has 0 spiro atoms. The Morgan fingerprint density at radius 1 is 1.14 bits per heavy atom. The summed E-state index contributed by atoms with van der Waals surface area (Å²) >= 11 is 0. The van der Waals surface area contributed by atoms with Gasteiger partial charge in [-0.1, -0.05) is 18.2 Å². The second-order valence-corrected chi connectivity index (χ2v) is 6.89. The first-order valence-corrected chi connectivity index (χ1v) is 9.39. The number of anilines is 1. The maximum Gasteiger partial charge on any atom is 0.238 e. The molecule has 148 valence electrons. The number of Topliss-reactive ketones (excluding diaryl/α,β-unsaturated/α-hetero) is 1. The molecule has 1 saturated heterocycles. The quantitative estimate of drug-likeness (QED) is 0.740. The third-order valence-electron chi connectivity index (χ3n) is 5.09. The third kappa shape index (κ3) is 4.34. The number of carbonyl (C=O) groups is 2. The fraction of sp³-hybridized carbons (Fsp3) is 0.364. The molecule has 0 saturated carbocycles. The molecule has 6 nitrogen and oxygen atoms in total. The van der Waals surface area contributed by atoms with Crippen LogP contribution in [0.5, 0.6) is 11.5 Å². The number of hydrogen-bond acceptors (Lipinski definition) is 5. The zero-order valence-corrected chi connectivity index (χ0v) is 16.5. The summed E-state index contributed by atoms with van der Waals surface area (Å²) in [6.45, 7) is 2.59. The fourth-order valence-electron chi connectivity index (χ4n) is 3.73. The van der Waals surface area contributed by atoms with Gasteiger partial charge in [0, 0.05) is 23.2 Å². The van der Waals surface area contributed by atoms with Crippen LogP contribution in [0.4, 0.5) is 5.69 Å². The van der Waals surface area contributed by atoms with Gasteiger partial charge in [-0.05, 0) is 44.5 Å². The molecule has 6 heteroatoms. The molecule has 1 aliphatic rings. The Morgan fingerprint density at radius 2 is 1.93 bits per heavy atom. The van der Waals surface area contributed by atoms with Gasteiger partial charge in [-0.25, -0.2) is 0 Å². The number of likely N-dealkylation sites (tertiary alicyclic amines) is 1. The SMILES string of the molecule is COc1ccc([C@H]2CCCN2CC(=O)Nc2ccccc2C(C)=O)c(OC)c1. The van der Waals surface area contributed by atoms with E-state index < -0.39 is 0 Å². The van der Waals surface area contributed by atoms with Crippen LogP contribution in [-0.2, 0) is 4.79 Å². The van der Waals surface area contributed by atoms with Crippen LogP contribution in [0.1, 0.15) is 41.7 Å². The number of para-hydroxylation sites is 1. The van der Waals surface area contributed by atoms with Crippen molar-refractivity contribution in [3.05, 3.63) is 53.6 Å². The van der Waals surface area contributed by atoms with Crippen molar-refractivity contribution in [2.45, 2.75) is 25.8 Å². The van der Waals surface area contributed by atoms with Crippen molar-refractivity contribution in [3.63, 3.8) is 0 Å². The van der Waals surface area contributed by atoms with Crippen LogP contribution in [0.3, 0.4) is 0 Å². The van der Waals surface area contributed by atoms with Gasteiger partial charge in [0.1, 0.15) is 11.5 Å². The molecular formula is C22H26N2O4. The van der Waals surface area contributed by atoms with Gasteiger partial charge in [-0.15, -0.1) is 0 Å². The monoisotopic (exact) mass is 382 g/mol. The van der Waals surface area contributed by atoms with Crippen LogP contribution < -0.4 is 14.8 Å². The number of methoxy groups -OCH3 is 2. The second kappa shape index (κ2) is 8.89. The summed E-state index contributed by atoms with van der Waals surface area (Å²) in [7, 11) is 3.27. The summed E-state index contributed by atoms with van der Waals surface area (Å²) in [6, 6.07) is 13.0. The van der Waals surface area contributed by atoms with Gasteiger partial charge < -0.3 is 14.8 Å². The van der Waals surface area contributed by atoms with E-state index in [-0.39, 0.29) is 24.3 Å².